The molecular formula is C9H18NO2S-. The summed E-state index contributed by atoms with van der Waals surface area (Å²) in [5, 5.41) is 0. The van der Waals surface area contributed by atoms with Crippen molar-refractivity contribution in [2.24, 2.45) is 5.92 Å². The Morgan fingerprint density at radius 1 is 1.46 bits per heavy atom. The van der Waals surface area contributed by atoms with Gasteiger partial charge in [-0.05, 0) is 31.8 Å². The zero-order valence-corrected chi connectivity index (χ0v) is 9.02. The molecule has 0 bridgehead atoms. The van der Waals surface area contributed by atoms with Gasteiger partial charge in [-0.25, -0.2) is 0 Å². The van der Waals surface area contributed by atoms with E-state index in [4.69, 9.17) is 0 Å². The predicted molar refractivity (Wildman–Crippen MR) is 53.2 cm³/mol. The van der Waals surface area contributed by atoms with Gasteiger partial charge in [0.15, 0.2) is 0 Å². The number of hydrogen-bond acceptors (Lipinski definition) is 3. The van der Waals surface area contributed by atoms with E-state index in [2.05, 4.69) is 11.8 Å². The molecule has 0 aromatic rings. The fourth-order valence-corrected chi connectivity index (χ4v) is 2.23. The Kier molecular flexibility index (Phi) is 4.91. The zero-order valence-electron chi connectivity index (χ0n) is 8.20. The molecule has 4 heteroatoms. The SMILES string of the molecule is CCC1CCN(CCS(=O)[O-])CC1. The van der Waals surface area contributed by atoms with Crippen molar-refractivity contribution in [1.82, 2.24) is 4.90 Å². The molecule has 1 aliphatic heterocycles. The molecule has 1 unspecified atom stereocenters. The number of nitrogens with zero attached hydrogens (tertiary/aromatic N) is 1. The van der Waals surface area contributed by atoms with Crippen LogP contribution in [0.15, 0.2) is 0 Å². The molecule has 0 saturated carbocycles. The van der Waals surface area contributed by atoms with Crippen LogP contribution in [-0.2, 0) is 11.1 Å². The molecule has 0 aromatic heterocycles. The van der Waals surface area contributed by atoms with Crippen LogP contribution in [0.4, 0.5) is 0 Å². The van der Waals surface area contributed by atoms with E-state index >= 15 is 0 Å². The number of likely N-dealkylation sites (tertiary alicyclic amines) is 1. The fraction of sp³-hybridized carbons (Fsp3) is 1.00. The van der Waals surface area contributed by atoms with Gasteiger partial charge in [0.1, 0.15) is 0 Å². The maximum Gasteiger partial charge on any atom is 0.0229 e. The second kappa shape index (κ2) is 5.73. The zero-order chi connectivity index (χ0) is 9.68. The average Bonchev–Trinajstić information content (AvgIpc) is 2.15. The Hall–Kier alpha value is 0.0700. The maximum atomic E-state index is 10.3. The Bertz CT molecular complexity index is 167. The van der Waals surface area contributed by atoms with Gasteiger partial charge in [0, 0.05) is 12.3 Å². The largest absolute Gasteiger partial charge is 0.772 e. The molecule has 13 heavy (non-hydrogen) atoms. The van der Waals surface area contributed by atoms with E-state index in [0.717, 1.165) is 19.0 Å². The summed E-state index contributed by atoms with van der Waals surface area (Å²) in [6.45, 7) is 5.10. The van der Waals surface area contributed by atoms with Crippen molar-refractivity contribution in [2.45, 2.75) is 26.2 Å². The van der Waals surface area contributed by atoms with Crippen LogP contribution in [0, 0.1) is 5.92 Å². The van der Waals surface area contributed by atoms with Crippen molar-refractivity contribution in [3.63, 3.8) is 0 Å². The first-order chi connectivity index (χ1) is 6.22. The first-order valence-electron chi connectivity index (χ1n) is 5.00. The van der Waals surface area contributed by atoms with Crippen LogP contribution in [0.25, 0.3) is 0 Å². The molecule has 0 amide bonds. The third kappa shape index (κ3) is 4.20. The molecule has 1 fully saturated rings. The first kappa shape index (κ1) is 11.1. The maximum absolute atomic E-state index is 10.3. The van der Waals surface area contributed by atoms with Crippen molar-refractivity contribution in [2.75, 3.05) is 25.4 Å². The minimum absolute atomic E-state index is 0.288. The first-order valence-corrected chi connectivity index (χ1v) is 6.25. The molecule has 0 aliphatic carbocycles. The minimum Gasteiger partial charge on any atom is -0.772 e. The fourth-order valence-electron chi connectivity index (χ4n) is 1.82. The monoisotopic (exact) mass is 204 g/mol. The third-order valence-electron chi connectivity index (χ3n) is 2.86. The van der Waals surface area contributed by atoms with Crippen molar-refractivity contribution in [3.8, 4) is 0 Å². The summed E-state index contributed by atoms with van der Waals surface area (Å²) in [5.41, 5.74) is 0. The summed E-state index contributed by atoms with van der Waals surface area (Å²) in [6.07, 6.45) is 3.74. The highest BCUT2D eigenvalue weighted by Gasteiger charge is 2.16. The summed E-state index contributed by atoms with van der Waals surface area (Å²) in [4.78, 5) is 2.25. The van der Waals surface area contributed by atoms with Gasteiger partial charge in [-0.15, -0.1) is 0 Å². The van der Waals surface area contributed by atoms with E-state index in [1.54, 1.807) is 0 Å². The molecular weight excluding hydrogens is 186 g/mol. The van der Waals surface area contributed by atoms with Gasteiger partial charge in [-0.3, -0.25) is 4.21 Å². The molecule has 1 heterocycles. The molecule has 78 valence electrons. The van der Waals surface area contributed by atoms with Gasteiger partial charge in [-0.2, -0.15) is 0 Å². The van der Waals surface area contributed by atoms with Crippen molar-refractivity contribution in [1.29, 1.82) is 0 Å². The Morgan fingerprint density at radius 2 is 2.08 bits per heavy atom. The van der Waals surface area contributed by atoms with Gasteiger partial charge in [-0.1, -0.05) is 24.4 Å². The quantitative estimate of drug-likeness (QED) is 0.641. The second-order valence-electron chi connectivity index (χ2n) is 3.70. The van der Waals surface area contributed by atoms with Crippen LogP contribution in [0.1, 0.15) is 26.2 Å². The molecule has 1 saturated heterocycles. The summed E-state index contributed by atoms with van der Waals surface area (Å²) in [6, 6.07) is 0. The molecule has 1 aliphatic rings. The molecule has 1 atom stereocenters. The molecule has 0 radical (unpaired) electrons. The predicted octanol–water partition coefficient (Wildman–Crippen LogP) is 0.987. The van der Waals surface area contributed by atoms with Crippen molar-refractivity contribution in [3.05, 3.63) is 0 Å². The van der Waals surface area contributed by atoms with Gasteiger partial charge in [0.25, 0.3) is 0 Å². The van der Waals surface area contributed by atoms with Crippen LogP contribution < -0.4 is 0 Å². The van der Waals surface area contributed by atoms with E-state index in [1.807, 2.05) is 0 Å². The topological polar surface area (TPSA) is 43.4 Å². The lowest BCUT2D eigenvalue weighted by atomic mass is 9.94. The lowest BCUT2D eigenvalue weighted by Gasteiger charge is -2.31. The van der Waals surface area contributed by atoms with E-state index in [-0.39, 0.29) is 5.75 Å². The van der Waals surface area contributed by atoms with Crippen molar-refractivity contribution < 1.29 is 8.76 Å². The molecule has 0 N–H and O–H groups in total. The normalized spacial score (nSPS) is 23.2. The van der Waals surface area contributed by atoms with Crippen molar-refractivity contribution >= 4 is 11.1 Å². The average molecular weight is 204 g/mol. The van der Waals surface area contributed by atoms with Gasteiger partial charge >= 0.3 is 0 Å². The lowest BCUT2D eigenvalue weighted by molar-refractivity contribution is 0.190. The highest BCUT2D eigenvalue weighted by atomic mass is 32.2. The summed E-state index contributed by atoms with van der Waals surface area (Å²) < 4.78 is 20.7. The van der Waals surface area contributed by atoms with Gasteiger partial charge < -0.3 is 9.45 Å². The van der Waals surface area contributed by atoms with Crippen LogP contribution in [0.5, 0.6) is 0 Å². The number of rotatable bonds is 4. The summed E-state index contributed by atoms with van der Waals surface area (Å²) in [7, 11) is 0. The van der Waals surface area contributed by atoms with Crippen LogP contribution >= 0.6 is 0 Å². The highest BCUT2D eigenvalue weighted by molar-refractivity contribution is 7.79. The van der Waals surface area contributed by atoms with E-state index < -0.39 is 11.1 Å². The summed E-state index contributed by atoms with van der Waals surface area (Å²) >= 11 is -1.87. The third-order valence-corrected chi connectivity index (χ3v) is 3.37. The van der Waals surface area contributed by atoms with Crippen LogP contribution in [-0.4, -0.2) is 39.0 Å². The van der Waals surface area contributed by atoms with E-state index in [1.165, 1.54) is 19.3 Å². The van der Waals surface area contributed by atoms with E-state index in [9.17, 15) is 8.76 Å². The Labute approximate surface area is 82.8 Å². The Morgan fingerprint density at radius 3 is 2.54 bits per heavy atom. The molecule has 3 nitrogen and oxygen atoms in total. The molecule has 0 aromatic carbocycles. The van der Waals surface area contributed by atoms with Gasteiger partial charge in [0.2, 0.25) is 0 Å². The second-order valence-corrected chi connectivity index (χ2v) is 4.72. The number of piperidine rings is 1. The summed E-state index contributed by atoms with van der Waals surface area (Å²) in [5.74, 6) is 1.16. The minimum atomic E-state index is -1.87. The van der Waals surface area contributed by atoms with Crippen LogP contribution in [0.3, 0.4) is 0 Å². The standard InChI is InChI=1S/C9H19NO2S/c1-2-9-3-5-10(6-4-9)7-8-13(11)12/h9H,2-8H2,1H3,(H,11,12)/p-1. The number of hydrogen-bond donors (Lipinski definition) is 0. The molecule has 0 spiro atoms. The van der Waals surface area contributed by atoms with Crippen LogP contribution in [0.2, 0.25) is 0 Å². The highest BCUT2D eigenvalue weighted by Crippen LogP contribution is 2.19. The smallest absolute Gasteiger partial charge is 0.0229 e. The Balaban J connectivity index is 2.14. The van der Waals surface area contributed by atoms with Gasteiger partial charge in [0.05, 0.1) is 0 Å². The molecule has 1 rings (SSSR count). The van der Waals surface area contributed by atoms with E-state index in [0.29, 0.717) is 6.54 Å². The lowest BCUT2D eigenvalue weighted by Crippen LogP contribution is -2.36.